The molecule has 0 spiro atoms. The Morgan fingerprint density at radius 2 is 2.00 bits per heavy atom. The SMILES string of the molecule is N#Cc1ccc2nc(N)n(Cc3ccc(F)cc3F)c2c1. The van der Waals surface area contributed by atoms with Crippen LogP contribution >= 0.6 is 0 Å². The van der Waals surface area contributed by atoms with Gasteiger partial charge in [0.25, 0.3) is 0 Å². The molecule has 3 aromatic rings. The minimum absolute atomic E-state index is 0.114. The highest BCUT2D eigenvalue weighted by molar-refractivity contribution is 5.80. The van der Waals surface area contributed by atoms with Gasteiger partial charge in [0.15, 0.2) is 0 Å². The second-order valence-corrected chi connectivity index (χ2v) is 4.61. The summed E-state index contributed by atoms with van der Waals surface area (Å²) in [5, 5.41) is 8.95. The van der Waals surface area contributed by atoms with Crippen LogP contribution in [0.15, 0.2) is 36.4 Å². The maximum Gasteiger partial charge on any atom is 0.201 e. The Hall–Kier alpha value is -2.94. The van der Waals surface area contributed by atoms with Crippen LogP contribution in [0, 0.1) is 23.0 Å². The molecule has 21 heavy (non-hydrogen) atoms. The molecule has 0 fully saturated rings. The highest BCUT2D eigenvalue weighted by Gasteiger charge is 2.12. The first-order valence-electron chi connectivity index (χ1n) is 6.18. The number of hydrogen-bond acceptors (Lipinski definition) is 3. The average Bonchev–Trinajstić information content (AvgIpc) is 2.77. The zero-order valence-electron chi connectivity index (χ0n) is 10.8. The van der Waals surface area contributed by atoms with E-state index in [-0.39, 0.29) is 12.5 Å². The minimum atomic E-state index is -0.646. The average molecular weight is 284 g/mol. The summed E-state index contributed by atoms with van der Waals surface area (Å²) >= 11 is 0. The van der Waals surface area contributed by atoms with Gasteiger partial charge in [0, 0.05) is 11.6 Å². The van der Waals surface area contributed by atoms with Crippen LogP contribution in [0.5, 0.6) is 0 Å². The van der Waals surface area contributed by atoms with E-state index in [1.807, 2.05) is 6.07 Å². The number of benzene rings is 2. The quantitative estimate of drug-likeness (QED) is 0.786. The fourth-order valence-electron chi connectivity index (χ4n) is 2.20. The number of fused-ring (bicyclic) bond motifs is 1. The van der Waals surface area contributed by atoms with E-state index < -0.39 is 11.6 Å². The van der Waals surface area contributed by atoms with Gasteiger partial charge in [0.1, 0.15) is 11.6 Å². The van der Waals surface area contributed by atoms with E-state index in [1.54, 1.807) is 22.8 Å². The summed E-state index contributed by atoms with van der Waals surface area (Å²) in [6, 6.07) is 10.4. The molecule has 0 saturated carbocycles. The minimum Gasteiger partial charge on any atom is -0.369 e. The Morgan fingerprint density at radius 1 is 1.19 bits per heavy atom. The van der Waals surface area contributed by atoms with Crippen molar-refractivity contribution in [3.63, 3.8) is 0 Å². The smallest absolute Gasteiger partial charge is 0.201 e. The number of halogens is 2. The molecule has 1 aromatic heterocycles. The standard InChI is InChI=1S/C15H10F2N4/c16-11-3-2-10(12(17)6-11)8-21-14-5-9(7-18)1-4-13(14)20-15(21)19/h1-6H,8H2,(H2,19,20). The van der Waals surface area contributed by atoms with Crippen molar-refractivity contribution in [1.29, 1.82) is 5.26 Å². The lowest BCUT2D eigenvalue weighted by Crippen LogP contribution is -2.06. The number of nitrogens with two attached hydrogens (primary N) is 1. The second-order valence-electron chi connectivity index (χ2n) is 4.61. The first kappa shape index (κ1) is 13.1. The van der Waals surface area contributed by atoms with Crippen LogP contribution in [-0.4, -0.2) is 9.55 Å². The molecule has 0 amide bonds. The first-order chi connectivity index (χ1) is 10.1. The summed E-state index contributed by atoms with van der Waals surface area (Å²) in [7, 11) is 0. The summed E-state index contributed by atoms with van der Waals surface area (Å²) in [4.78, 5) is 4.17. The van der Waals surface area contributed by atoms with Crippen LogP contribution in [-0.2, 0) is 6.54 Å². The zero-order valence-corrected chi connectivity index (χ0v) is 10.8. The van der Waals surface area contributed by atoms with Crippen LogP contribution in [0.4, 0.5) is 14.7 Å². The summed E-state index contributed by atoms with van der Waals surface area (Å²) in [6.45, 7) is 0.114. The Labute approximate surface area is 119 Å². The van der Waals surface area contributed by atoms with Crippen LogP contribution in [0.1, 0.15) is 11.1 Å². The van der Waals surface area contributed by atoms with E-state index in [2.05, 4.69) is 4.98 Å². The highest BCUT2D eigenvalue weighted by Crippen LogP contribution is 2.22. The number of nitrogens with zero attached hydrogens (tertiary/aromatic N) is 3. The van der Waals surface area contributed by atoms with Crippen molar-refractivity contribution in [2.24, 2.45) is 0 Å². The Kier molecular flexibility index (Phi) is 3.03. The van der Waals surface area contributed by atoms with Crippen molar-refractivity contribution in [3.8, 4) is 6.07 Å². The van der Waals surface area contributed by atoms with Gasteiger partial charge in [0.2, 0.25) is 5.95 Å². The number of nitrogen functional groups attached to an aromatic ring is 1. The monoisotopic (exact) mass is 284 g/mol. The Balaban J connectivity index is 2.11. The second kappa shape index (κ2) is 4.87. The number of nitriles is 1. The summed E-state index contributed by atoms with van der Waals surface area (Å²) in [6.07, 6.45) is 0. The van der Waals surface area contributed by atoms with Gasteiger partial charge in [-0.1, -0.05) is 6.07 Å². The van der Waals surface area contributed by atoms with Gasteiger partial charge in [-0.2, -0.15) is 5.26 Å². The van der Waals surface area contributed by atoms with Crippen molar-refractivity contribution in [1.82, 2.24) is 9.55 Å². The summed E-state index contributed by atoms with van der Waals surface area (Å²) < 4.78 is 28.3. The molecule has 0 unspecified atom stereocenters. The molecule has 0 bridgehead atoms. The van der Waals surface area contributed by atoms with Crippen LogP contribution < -0.4 is 5.73 Å². The van der Waals surface area contributed by atoms with Gasteiger partial charge in [-0.15, -0.1) is 0 Å². The molecule has 0 radical (unpaired) electrons. The van der Waals surface area contributed by atoms with E-state index in [0.717, 1.165) is 6.07 Å². The number of rotatable bonds is 2. The van der Waals surface area contributed by atoms with E-state index in [1.165, 1.54) is 12.1 Å². The lowest BCUT2D eigenvalue weighted by Gasteiger charge is -2.08. The predicted molar refractivity (Wildman–Crippen MR) is 74.3 cm³/mol. The van der Waals surface area contributed by atoms with Crippen LogP contribution in [0.2, 0.25) is 0 Å². The van der Waals surface area contributed by atoms with Gasteiger partial charge in [0.05, 0.1) is 29.2 Å². The van der Waals surface area contributed by atoms with E-state index in [4.69, 9.17) is 11.0 Å². The van der Waals surface area contributed by atoms with Crippen molar-refractivity contribution < 1.29 is 8.78 Å². The van der Waals surface area contributed by atoms with E-state index in [9.17, 15) is 8.78 Å². The third-order valence-electron chi connectivity index (χ3n) is 3.25. The lowest BCUT2D eigenvalue weighted by atomic mass is 10.2. The normalized spacial score (nSPS) is 10.7. The molecular weight excluding hydrogens is 274 g/mol. The van der Waals surface area contributed by atoms with Crippen LogP contribution in [0.3, 0.4) is 0 Å². The van der Waals surface area contributed by atoms with E-state index >= 15 is 0 Å². The van der Waals surface area contributed by atoms with Gasteiger partial charge in [-0.05, 0) is 24.3 Å². The van der Waals surface area contributed by atoms with Crippen molar-refractivity contribution in [2.75, 3.05) is 5.73 Å². The molecule has 0 atom stereocenters. The third-order valence-corrected chi connectivity index (χ3v) is 3.25. The van der Waals surface area contributed by atoms with Gasteiger partial charge >= 0.3 is 0 Å². The van der Waals surface area contributed by atoms with Crippen molar-refractivity contribution in [3.05, 3.63) is 59.2 Å². The Bertz CT molecular complexity index is 877. The first-order valence-corrected chi connectivity index (χ1v) is 6.18. The third kappa shape index (κ3) is 2.30. The molecule has 6 heteroatoms. The zero-order chi connectivity index (χ0) is 15.0. The van der Waals surface area contributed by atoms with Crippen molar-refractivity contribution >= 4 is 17.0 Å². The molecule has 2 aromatic carbocycles. The molecule has 3 rings (SSSR count). The number of hydrogen-bond donors (Lipinski definition) is 1. The molecule has 0 aliphatic heterocycles. The van der Waals surface area contributed by atoms with E-state index in [0.29, 0.717) is 22.2 Å². The maximum absolute atomic E-state index is 13.8. The molecule has 2 N–H and O–H groups in total. The predicted octanol–water partition coefficient (Wildman–Crippen LogP) is 2.82. The molecule has 1 heterocycles. The van der Waals surface area contributed by atoms with Crippen LogP contribution in [0.25, 0.3) is 11.0 Å². The van der Waals surface area contributed by atoms with Gasteiger partial charge in [-0.25, -0.2) is 13.8 Å². The number of aromatic nitrogens is 2. The maximum atomic E-state index is 13.8. The number of anilines is 1. The van der Waals surface area contributed by atoms with Gasteiger partial charge < -0.3 is 10.3 Å². The molecule has 0 saturated heterocycles. The molecule has 104 valence electrons. The lowest BCUT2D eigenvalue weighted by molar-refractivity contribution is 0.568. The number of imidazole rings is 1. The fourth-order valence-corrected chi connectivity index (χ4v) is 2.20. The Morgan fingerprint density at radius 3 is 2.71 bits per heavy atom. The summed E-state index contributed by atoms with van der Waals surface area (Å²) in [5.41, 5.74) is 7.86. The fraction of sp³-hybridized carbons (Fsp3) is 0.0667. The van der Waals surface area contributed by atoms with Crippen molar-refractivity contribution in [2.45, 2.75) is 6.54 Å². The molecule has 0 aliphatic carbocycles. The largest absolute Gasteiger partial charge is 0.369 e. The molecule has 4 nitrogen and oxygen atoms in total. The molecule has 0 aliphatic rings. The van der Waals surface area contributed by atoms with Gasteiger partial charge in [-0.3, -0.25) is 0 Å². The summed E-state index contributed by atoms with van der Waals surface area (Å²) in [5.74, 6) is -1.07. The molecular formula is C15H10F2N4. The highest BCUT2D eigenvalue weighted by atomic mass is 19.1. The topological polar surface area (TPSA) is 67.6 Å².